The van der Waals surface area contributed by atoms with Gasteiger partial charge in [0.2, 0.25) is 0 Å². The molecule has 0 bridgehead atoms. The van der Waals surface area contributed by atoms with Crippen LogP contribution in [-0.4, -0.2) is 20.9 Å². The number of aldehydes is 1. The molecule has 13 heavy (non-hydrogen) atoms. The molecule has 0 unspecified atom stereocenters. The number of rotatable bonds is 1. The highest BCUT2D eigenvalue weighted by Gasteiger charge is 2.06. The third kappa shape index (κ3) is 1.29. The van der Waals surface area contributed by atoms with Gasteiger partial charge >= 0.3 is 0 Å². The van der Waals surface area contributed by atoms with Gasteiger partial charge in [0.15, 0.2) is 17.1 Å². The number of halogens is 1. The van der Waals surface area contributed by atoms with Crippen molar-refractivity contribution in [2.24, 2.45) is 0 Å². The quantitative estimate of drug-likeness (QED) is 0.648. The summed E-state index contributed by atoms with van der Waals surface area (Å²) in [6, 6.07) is 1.50. The van der Waals surface area contributed by atoms with Crippen molar-refractivity contribution in [3.8, 4) is 0 Å². The summed E-state index contributed by atoms with van der Waals surface area (Å²) in [7, 11) is 0. The van der Waals surface area contributed by atoms with E-state index in [2.05, 4.69) is 10.1 Å². The summed E-state index contributed by atoms with van der Waals surface area (Å²) in [6.45, 7) is 1.83. The van der Waals surface area contributed by atoms with Gasteiger partial charge in [-0.1, -0.05) is 11.6 Å². The van der Waals surface area contributed by atoms with Crippen molar-refractivity contribution in [2.75, 3.05) is 0 Å². The minimum absolute atomic E-state index is 0.284. The van der Waals surface area contributed by atoms with E-state index in [1.165, 1.54) is 10.6 Å². The maximum absolute atomic E-state index is 10.6. The Morgan fingerprint density at radius 3 is 3.08 bits per heavy atom. The molecule has 0 amide bonds. The maximum Gasteiger partial charge on any atom is 0.164 e. The summed E-state index contributed by atoms with van der Waals surface area (Å²) >= 11 is 5.69. The predicted molar refractivity (Wildman–Crippen MR) is 48.1 cm³/mol. The Kier molecular flexibility index (Phi) is 1.77. The molecule has 0 spiro atoms. The summed E-state index contributed by atoms with van der Waals surface area (Å²) in [4.78, 5) is 14.8. The molecular formula is C8H6ClN3O. The fraction of sp³-hybridized carbons (Fsp3) is 0.125. The van der Waals surface area contributed by atoms with Crippen LogP contribution in [0.3, 0.4) is 0 Å². The molecule has 2 aromatic rings. The van der Waals surface area contributed by atoms with Gasteiger partial charge in [-0.25, -0.2) is 9.50 Å². The molecule has 0 N–H and O–H groups in total. The van der Waals surface area contributed by atoms with E-state index in [0.717, 1.165) is 12.0 Å². The van der Waals surface area contributed by atoms with Crippen molar-refractivity contribution in [3.63, 3.8) is 0 Å². The third-order valence-corrected chi connectivity index (χ3v) is 1.86. The van der Waals surface area contributed by atoms with Crippen LogP contribution in [0.25, 0.3) is 5.65 Å². The lowest BCUT2D eigenvalue weighted by Gasteiger charge is -1.95. The lowest BCUT2D eigenvalue weighted by atomic mass is 10.3. The first-order valence-corrected chi connectivity index (χ1v) is 4.06. The van der Waals surface area contributed by atoms with Gasteiger partial charge in [-0.15, -0.1) is 0 Å². The van der Waals surface area contributed by atoms with Crippen LogP contribution in [0.4, 0.5) is 0 Å². The standard InChI is InChI=1S/C8H6ClN3O/c1-5-3-12-8(10-5)6(4-13)2-7(9)11-12/h2-4H,1H3. The number of fused-ring (bicyclic) bond motifs is 1. The largest absolute Gasteiger partial charge is 0.298 e. The third-order valence-electron chi connectivity index (χ3n) is 1.67. The first-order valence-electron chi connectivity index (χ1n) is 3.68. The van der Waals surface area contributed by atoms with Crippen LogP contribution < -0.4 is 0 Å². The summed E-state index contributed by atoms with van der Waals surface area (Å²) in [5, 5.41) is 4.25. The van der Waals surface area contributed by atoms with E-state index in [-0.39, 0.29) is 5.15 Å². The zero-order chi connectivity index (χ0) is 9.42. The Bertz CT molecular complexity index is 477. The molecule has 0 saturated carbocycles. The fourth-order valence-electron chi connectivity index (χ4n) is 1.17. The molecule has 2 aromatic heterocycles. The monoisotopic (exact) mass is 195 g/mol. The van der Waals surface area contributed by atoms with Crippen molar-refractivity contribution in [1.29, 1.82) is 0 Å². The van der Waals surface area contributed by atoms with Gasteiger partial charge in [0.1, 0.15) is 0 Å². The zero-order valence-electron chi connectivity index (χ0n) is 6.86. The van der Waals surface area contributed by atoms with Gasteiger partial charge in [0.05, 0.1) is 17.5 Å². The maximum atomic E-state index is 10.6. The van der Waals surface area contributed by atoms with E-state index in [9.17, 15) is 4.79 Å². The van der Waals surface area contributed by atoms with Crippen molar-refractivity contribution in [2.45, 2.75) is 6.92 Å². The molecular weight excluding hydrogens is 190 g/mol. The topological polar surface area (TPSA) is 47.3 Å². The Morgan fingerprint density at radius 2 is 2.38 bits per heavy atom. The fourth-order valence-corrected chi connectivity index (χ4v) is 1.37. The lowest BCUT2D eigenvalue weighted by molar-refractivity contribution is 0.112. The van der Waals surface area contributed by atoms with Crippen LogP contribution in [0.2, 0.25) is 5.15 Å². The van der Waals surface area contributed by atoms with E-state index in [1.54, 1.807) is 6.20 Å². The molecule has 0 radical (unpaired) electrons. The number of carbonyl (C=O) groups excluding carboxylic acids is 1. The van der Waals surface area contributed by atoms with Crippen LogP contribution >= 0.6 is 11.6 Å². The van der Waals surface area contributed by atoms with Crippen LogP contribution in [0.5, 0.6) is 0 Å². The smallest absolute Gasteiger partial charge is 0.164 e. The van der Waals surface area contributed by atoms with Gasteiger partial charge in [0, 0.05) is 0 Å². The first-order chi connectivity index (χ1) is 6.20. The summed E-state index contributed by atoms with van der Waals surface area (Å²) in [6.07, 6.45) is 2.43. The van der Waals surface area contributed by atoms with Crippen molar-refractivity contribution in [3.05, 3.63) is 28.7 Å². The number of imidazole rings is 1. The number of hydrogen-bond donors (Lipinski definition) is 0. The summed E-state index contributed by atoms with van der Waals surface area (Å²) in [5.74, 6) is 0. The SMILES string of the molecule is Cc1cn2nc(Cl)cc(C=O)c2n1. The van der Waals surface area contributed by atoms with E-state index in [1.807, 2.05) is 6.92 Å². The number of hydrogen-bond acceptors (Lipinski definition) is 3. The Labute approximate surface area is 79.2 Å². The van der Waals surface area contributed by atoms with E-state index in [4.69, 9.17) is 11.6 Å². The molecule has 66 valence electrons. The summed E-state index contributed by atoms with van der Waals surface area (Å²) < 4.78 is 1.50. The molecule has 5 heteroatoms. The Balaban J connectivity index is 2.88. The highest BCUT2D eigenvalue weighted by atomic mass is 35.5. The number of aromatic nitrogens is 3. The molecule has 2 rings (SSSR count). The molecule has 0 aliphatic rings. The highest BCUT2D eigenvalue weighted by molar-refractivity contribution is 6.29. The molecule has 0 fully saturated rings. The van der Waals surface area contributed by atoms with Crippen LogP contribution in [0, 0.1) is 6.92 Å². The molecule has 0 saturated heterocycles. The minimum atomic E-state index is 0.284. The predicted octanol–water partition coefficient (Wildman–Crippen LogP) is 1.50. The van der Waals surface area contributed by atoms with E-state index >= 15 is 0 Å². The second-order valence-electron chi connectivity index (χ2n) is 2.69. The zero-order valence-corrected chi connectivity index (χ0v) is 7.62. The van der Waals surface area contributed by atoms with Crippen LogP contribution in [0.1, 0.15) is 16.1 Å². The van der Waals surface area contributed by atoms with Gasteiger partial charge in [0.25, 0.3) is 0 Å². The Hall–Kier alpha value is -1.42. The first kappa shape index (κ1) is 8.19. The van der Waals surface area contributed by atoms with Crippen molar-refractivity contribution in [1.82, 2.24) is 14.6 Å². The van der Waals surface area contributed by atoms with E-state index in [0.29, 0.717) is 11.2 Å². The lowest BCUT2D eigenvalue weighted by Crippen LogP contribution is -1.95. The second kappa shape index (κ2) is 2.81. The summed E-state index contributed by atoms with van der Waals surface area (Å²) in [5.41, 5.74) is 1.79. The van der Waals surface area contributed by atoms with Crippen molar-refractivity contribution >= 4 is 23.5 Å². The average molecular weight is 196 g/mol. The number of nitrogens with zero attached hydrogens (tertiary/aromatic N) is 3. The van der Waals surface area contributed by atoms with Crippen LogP contribution in [0.15, 0.2) is 12.3 Å². The number of aryl methyl sites for hydroxylation is 1. The van der Waals surface area contributed by atoms with Crippen molar-refractivity contribution < 1.29 is 4.79 Å². The number of carbonyl (C=O) groups is 1. The van der Waals surface area contributed by atoms with Gasteiger partial charge in [-0.3, -0.25) is 4.79 Å². The van der Waals surface area contributed by atoms with Gasteiger partial charge in [-0.2, -0.15) is 5.10 Å². The molecule has 0 atom stereocenters. The van der Waals surface area contributed by atoms with Gasteiger partial charge in [-0.05, 0) is 13.0 Å². The average Bonchev–Trinajstić information content (AvgIpc) is 2.43. The van der Waals surface area contributed by atoms with Crippen LogP contribution in [-0.2, 0) is 0 Å². The highest BCUT2D eigenvalue weighted by Crippen LogP contribution is 2.12. The minimum Gasteiger partial charge on any atom is -0.298 e. The molecule has 0 aliphatic carbocycles. The molecule has 0 aliphatic heterocycles. The van der Waals surface area contributed by atoms with E-state index < -0.39 is 0 Å². The normalized spacial score (nSPS) is 10.6. The molecule has 2 heterocycles. The Morgan fingerprint density at radius 1 is 1.62 bits per heavy atom. The second-order valence-corrected chi connectivity index (χ2v) is 3.08. The molecule has 0 aromatic carbocycles. The molecule has 4 nitrogen and oxygen atoms in total. The van der Waals surface area contributed by atoms with Gasteiger partial charge < -0.3 is 0 Å².